The number of aliphatic carboxylic acids is 1. The van der Waals surface area contributed by atoms with Crippen molar-refractivity contribution in [2.75, 3.05) is 14.2 Å². The molecule has 0 aromatic heterocycles. The van der Waals surface area contributed by atoms with E-state index in [9.17, 15) is 15.0 Å². The van der Waals surface area contributed by atoms with Gasteiger partial charge in [-0.15, -0.1) is 0 Å². The highest BCUT2D eigenvalue weighted by Crippen LogP contribution is 2.40. The molecule has 19 heavy (non-hydrogen) atoms. The summed E-state index contributed by atoms with van der Waals surface area (Å²) >= 11 is 0. The third-order valence-electron chi connectivity index (χ3n) is 3.27. The van der Waals surface area contributed by atoms with Crippen LogP contribution in [0.3, 0.4) is 0 Å². The molecule has 1 aromatic rings. The van der Waals surface area contributed by atoms with Crippen LogP contribution in [0.5, 0.6) is 11.5 Å². The van der Waals surface area contributed by atoms with Gasteiger partial charge in [-0.25, -0.2) is 4.79 Å². The van der Waals surface area contributed by atoms with Crippen LogP contribution in [0.25, 0.3) is 0 Å². The predicted molar refractivity (Wildman–Crippen MR) is 70.7 cm³/mol. The molecule has 0 saturated carbocycles. The minimum Gasteiger partial charge on any atom is -0.497 e. The quantitative estimate of drug-likeness (QED) is 0.853. The first-order valence-corrected chi connectivity index (χ1v) is 5.97. The van der Waals surface area contributed by atoms with Crippen molar-refractivity contribution in [1.29, 1.82) is 0 Å². The maximum absolute atomic E-state index is 11.5. The molecule has 106 valence electrons. The smallest absolute Gasteiger partial charge is 0.340 e. The molecule has 0 aliphatic heterocycles. The molecule has 0 aliphatic carbocycles. The summed E-state index contributed by atoms with van der Waals surface area (Å²) in [6, 6.07) is 3.24. The summed E-state index contributed by atoms with van der Waals surface area (Å²) in [5, 5.41) is 20.0. The van der Waals surface area contributed by atoms with Crippen molar-refractivity contribution in [2.24, 2.45) is 5.92 Å². The number of aryl methyl sites for hydroxylation is 1. The fourth-order valence-electron chi connectivity index (χ4n) is 2.13. The van der Waals surface area contributed by atoms with Gasteiger partial charge in [-0.05, 0) is 24.5 Å². The molecule has 0 saturated heterocycles. The maximum Gasteiger partial charge on any atom is 0.340 e. The summed E-state index contributed by atoms with van der Waals surface area (Å²) in [5.41, 5.74) is -1.13. The number of ether oxygens (including phenoxy) is 2. The summed E-state index contributed by atoms with van der Waals surface area (Å²) in [6.45, 7) is 5.02. The van der Waals surface area contributed by atoms with Crippen LogP contribution >= 0.6 is 0 Å². The lowest BCUT2D eigenvalue weighted by Crippen LogP contribution is -2.41. The van der Waals surface area contributed by atoms with Gasteiger partial charge < -0.3 is 19.7 Å². The van der Waals surface area contributed by atoms with E-state index in [1.165, 1.54) is 14.2 Å². The fraction of sp³-hybridized carbons (Fsp3) is 0.500. The number of benzene rings is 1. The number of hydrogen-bond donors (Lipinski definition) is 2. The van der Waals surface area contributed by atoms with Crippen LogP contribution in [-0.2, 0) is 10.4 Å². The van der Waals surface area contributed by atoms with E-state index in [4.69, 9.17) is 9.47 Å². The fourth-order valence-corrected chi connectivity index (χ4v) is 2.13. The highest BCUT2D eigenvalue weighted by atomic mass is 16.5. The van der Waals surface area contributed by atoms with Gasteiger partial charge in [0.2, 0.25) is 0 Å². The van der Waals surface area contributed by atoms with Crippen LogP contribution in [0.15, 0.2) is 12.1 Å². The Labute approximate surface area is 112 Å². The van der Waals surface area contributed by atoms with Crippen LogP contribution in [0.1, 0.15) is 25.0 Å². The van der Waals surface area contributed by atoms with Gasteiger partial charge in [-0.3, -0.25) is 0 Å². The van der Waals surface area contributed by atoms with Crippen molar-refractivity contribution in [3.8, 4) is 11.5 Å². The lowest BCUT2D eigenvalue weighted by atomic mass is 9.80. The van der Waals surface area contributed by atoms with E-state index in [0.717, 1.165) is 0 Å². The highest BCUT2D eigenvalue weighted by molar-refractivity contribution is 5.81. The zero-order chi connectivity index (χ0) is 14.8. The van der Waals surface area contributed by atoms with Gasteiger partial charge in [0.05, 0.1) is 14.2 Å². The summed E-state index contributed by atoms with van der Waals surface area (Å²) < 4.78 is 10.3. The first-order chi connectivity index (χ1) is 8.78. The van der Waals surface area contributed by atoms with Gasteiger partial charge in [-0.1, -0.05) is 13.8 Å². The zero-order valence-corrected chi connectivity index (χ0v) is 11.9. The van der Waals surface area contributed by atoms with E-state index in [2.05, 4.69) is 0 Å². The van der Waals surface area contributed by atoms with Gasteiger partial charge in [0.25, 0.3) is 0 Å². The molecule has 0 spiro atoms. The number of methoxy groups -OCH3 is 2. The molecule has 0 fully saturated rings. The minimum atomic E-state index is -2.00. The largest absolute Gasteiger partial charge is 0.497 e. The van der Waals surface area contributed by atoms with Crippen molar-refractivity contribution in [3.63, 3.8) is 0 Å². The number of carbonyl (C=O) groups is 1. The Kier molecular flexibility index (Phi) is 4.42. The lowest BCUT2D eigenvalue weighted by molar-refractivity contribution is -0.165. The molecule has 1 atom stereocenters. The first kappa shape index (κ1) is 15.3. The van der Waals surface area contributed by atoms with Gasteiger partial charge in [0, 0.05) is 11.6 Å². The monoisotopic (exact) mass is 268 g/mol. The second-order valence-corrected chi connectivity index (χ2v) is 4.75. The second kappa shape index (κ2) is 5.48. The van der Waals surface area contributed by atoms with E-state index in [-0.39, 0.29) is 5.56 Å². The molecule has 0 amide bonds. The third kappa shape index (κ3) is 2.51. The Hall–Kier alpha value is -1.75. The minimum absolute atomic E-state index is 0.262. The molecule has 0 aliphatic rings. The topological polar surface area (TPSA) is 76.0 Å². The maximum atomic E-state index is 11.5. The Morgan fingerprint density at radius 1 is 1.26 bits per heavy atom. The van der Waals surface area contributed by atoms with E-state index in [1.807, 2.05) is 0 Å². The van der Waals surface area contributed by atoms with Gasteiger partial charge >= 0.3 is 5.97 Å². The number of rotatable bonds is 5. The Bertz CT molecular complexity index is 481. The molecule has 1 rings (SSSR count). The number of carboxylic acid groups (broad SMARTS) is 1. The summed E-state index contributed by atoms with van der Waals surface area (Å²) in [4.78, 5) is 11.5. The van der Waals surface area contributed by atoms with Crippen molar-refractivity contribution >= 4 is 5.97 Å². The predicted octanol–water partition coefficient (Wildman–Crippen LogP) is 1.94. The van der Waals surface area contributed by atoms with Crippen molar-refractivity contribution in [3.05, 3.63) is 23.3 Å². The Balaban J connectivity index is 3.60. The normalized spacial score (nSPS) is 14.1. The zero-order valence-electron chi connectivity index (χ0n) is 11.9. The van der Waals surface area contributed by atoms with Crippen molar-refractivity contribution < 1.29 is 24.5 Å². The average Bonchev–Trinajstić information content (AvgIpc) is 2.36. The van der Waals surface area contributed by atoms with Gasteiger partial charge in [0.15, 0.2) is 5.60 Å². The SMILES string of the molecule is COc1cc(C)c(C(O)(C(=O)O)C(C)C)c(OC)c1. The third-order valence-corrected chi connectivity index (χ3v) is 3.27. The molecular weight excluding hydrogens is 248 g/mol. The molecule has 0 radical (unpaired) electrons. The van der Waals surface area contributed by atoms with Crippen molar-refractivity contribution in [1.82, 2.24) is 0 Å². The molecular formula is C14H20O5. The van der Waals surface area contributed by atoms with Crippen LogP contribution in [-0.4, -0.2) is 30.4 Å². The molecule has 2 N–H and O–H groups in total. The average molecular weight is 268 g/mol. The summed E-state index contributed by atoms with van der Waals surface area (Å²) in [6.07, 6.45) is 0. The highest BCUT2D eigenvalue weighted by Gasteiger charge is 2.44. The summed E-state index contributed by atoms with van der Waals surface area (Å²) in [7, 11) is 2.94. The van der Waals surface area contributed by atoms with E-state index >= 15 is 0 Å². The van der Waals surface area contributed by atoms with Gasteiger partial charge in [0.1, 0.15) is 11.5 Å². The van der Waals surface area contributed by atoms with Crippen LogP contribution in [0.4, 0.5) is 0 Å². The Morgan fingerprint density at radius 3 is 2.21 bits per heavy atom. The van der Waals surface area contributed by atoms with Gasteiger partial charge in [-0.2, -0.15) is 0 Å². The van der Waals surface area contributed by atoms with E-state index in [0.29, 0.717) is 17.1 Å². The second-order valence-electron chi connectivity index (χ2n) is 4.75. The van der Waals surface area contributed by atoms with E-state index in [1.54, 1.807) is 32.9 Å². The first-order valence-electron chi connectivity index (χ1n) is 5.97. The molecule has 1 aromatic carbocycles. The number of carboxylic acids is 1. The molecule has 5 heteroatoms. The molecule has 0 heterocycles. The summed E-state index contributed by atoms with van der Waals surface area (Å²) in [5.74, 6) is -0.954. The molecule has 5 nitrogen and oxygen atoms in total. The van der Waals surface area contributed by atoms with Crippen LogP contribution in [0, 0.1) is 12.8 Å². The lowest BCUT2D eigenvalue weighted by Gasteiger charge is -2.31. The molecule has 0 bridgehead atoms. The van der Waals surface area contributed by atoms with Crippen LogP contribution < -0.4 is 9.47 Å². The number of hydrogen-bond acceptors (Lipinski definition) is 4. The number of aliphatic hydroxyl groups is 1. The van der Waals surface area contributed by atoms with Crippen LogP contribution in [0.2, 0.25) is 0 Å². The standard InChI is InChI=1S/C14H20O5/c1-8(2)14(17,13(15)16)12-9(3)6-10(18-4)7-11(12)19-5/h6-8,17H,1-5H3,(H,15,16). The van der Waals surface area contributed by atoms with E-state index < -0.39 is 17.5 Å². The molecule has 1 unspecified atom stereocenters. The Morgan fingerprint density at radius 2 is 1.84 bits per heavy atom. The van der Waals surface area contributed by atoms with Crippen molar-refractivity contribution in [2.45, 2.75) is 26.4 Å².